The molecule has 1 aromatic heterocycles. The monoisotopic (exact) mass is 368 g/mol. The molecule has 1 aliphatic rings. The van der Waals surface area contributed by atoms with Gasteiger partial charge in [-0.2, -0.15) is 4.57 Å². The van der Waals surface area contributed by atoms with Gasteiger partial charge in [0.15, 0.2) is 0 Å². The Bertz CT molecular complexity index is 1080. The maximum Gasteiger partial charge on any atom is 0.213 e. The number of aryl methyl sites for hydroxylation is 1. The number of para-hydroxylation sites is 2. The van der Waals surface area contributed by atoms with Crippen molar-refractivity contribution in [2.45, 2.75) is 0 Å². The van der Waals surface area contributed by atoms with E-state index >= 15 is 0 Å². The Morgan fingerprint density at radius 3 is 1.79 bits per heavy atom. The van der Waals surface area contributed by atoms with Crippen LogP contribution < -0.4 is 9.47 Å². The third-order valence-electron chi connectivity index (χ3n) is 6.09. The van der Waals surface area contributed by atoms with Gasteiger partial charge in [-0.15, -0.1) is 0 Å². The Kier molecular flexibility index (Phi) is 4.25. The van der Waals surface area contributed by atoms with E-state index in [1.807, 2.05) is 0 Å². The van der Waals surface area contributed by atoms with Gasteiger partial charge >= 0.3 is 0 Å². The molecule has 0 atom stereocenters. The second kappa shape index (κ2) is 6.92. The highest BCUT2D eigenvalue weighted by atomic mass is 15.2. The first-order valence-electron chi connectivity index (χ1n) is 10.1. The van der Waals surface area contributed by atoms with E-state index in [1.54, 1.807) is 0 Å². The van der Waals surface area contributed by atoms with E-state index in [0.29, 0.717) is 0 Å². The van der Waals surface area contributed by atoms with Crippen molar-refractivity contribution in [3.63, 3.8) is 0 Å². The molecule has 1 fully saturated rings. The van der Waals surface area contributed by atoms with Gasteiger partial charge in [0.05, 0.1) is 10.8 Å². The summed E-state index contributed by atoms with van der Waals surface area (Å²) in [5.41, 5.74) is 6.46. The average Bonchev–Trinajstić information content (AvgIpc) is 2.75. The van der Waals surface area contributed by atoms with Gasteiger partial charge in [-0.25, -0.2) is 0 Å². The van der Waals surface area contributed by atoms with Crippen molar-refractivity contribution in [3.8, 4) is 11.1 Å². The van der Waals surface area contributed by atoms with Crippen molar-refractivity contribution >= 4 is 27.5 Å². The number of hydrogen-bond acceptors (Lipinski definition) is 2. The highest BCUT2D eigenvalue weighted by molar-refractivity contribution is 6.07. The molecule has 0 N–H and O–H groups in total. The fourth-order valence-corrected chi connectivity index (χ4v) is 4.44. The van der Waals surface area contributed by atoms with Gasteiger partial charge in [-0.1, -0.05) is 36.4 Å². The smallest absolute Gasteiger partial charge is 0.213 e. The topological polar surface area (TPSA) is 10.4 Å². The van der Waals surface area contributed by atoms with Crippen LogP contribution in [0.2, 0.25) is 0 Å². The molecule has 0 amide bonds. The molecule has 0 saturated carbocycles. The Labute approximate surface area is 166 Å². The van der Waals surface area contributed by atoms with Crippen LogP contribution in [0.3, 0.4) is 0 Å². The van der Waals surface area contributed by atoms with Crippen molar-refractivity contribution in [2.24, 2.45) is 7.05 Å². The van der Waals surface area contributed by atoms with E-state index < -0.39 is 0 Å². The zero-order valence-electron chi connectivity index (χ0n) is 16.6. The third-order valence-corrected chi connectivity index (χ3v) is 6.09. The molecule has 5 rings (SSSR count). The molecule has 140 valence electrons. The molecule has 0 unspecified atom stereocenters. The standard InChI is InChI=1S/C25H26N3/c1-26-15-17-28(18-16-26)20-13-11-19(12-14-20)25-21-7-3-5-9-23(21)27(2)24-10-6-4-8-22(24)25/h3-14H,15-18H2,1-2H3/q+1. The quantitative estimate of drug-likeness (QED) is 0.387. The van der Waals surface area contributed by atoms with Crippen LogP contribution in [-0.2, 0) is 7.05 Å². The Hall–Kier alpha value is -2.91. The summed E-state index contributed by atoms with van der Waals surface area (Å²) < 4.78 is 2.30. The highest BCUT2D eigenvalue weighted by Gasteiger charge is 2.19. The minimum absolute atomic E-state index is 1.10. The molecule has 0 aliphatic carbocycles. The number of pyridine rings is 1. The second-order valence-electron chi connectivity index (χ2n) is 7.81. The summed E-state index contributed by atoms with van der Waals surface area (Å²) in [5.74, 6) is 0. The Balaban J connectivity index is 1.65. The first kappa shape index (κ1) is 17.2. The molecular formula is C25H26N3+. The van der Waals surface area contributed by atoms with E-state index in [-0.39, 0.29) is 0 Å². The van der Waals surface area contributed by atoms with E-state index in [1.165, 1.54) is 38.6 Å². The number of hydrogen-bond donors (Lipinski definition) is 0. The Morgan fingerprint density at radius 2 is 1.21 bits per heavy atom. The van der Waals surface area contributed by atoms with Gasteiger partial charge in [0.2, 0.25) is 11.0 Å². The lowest BCUT2D eigenvalue weighted by molar-refractivity contribution is -0.617. The third kappa shape index (κ3) is 2.83. The number of fused-ring (bicyclic) bond motifs is 2. The predicted octanol–water partition coefficient (Wildman–Crippen LogP) is 4.24. The fraction of sp³-hybridized carbons (Fsp3) is 0.240. The van der Waals surface area contributed by atoms with Crippen LogP contribution in [0.15, 0.2) is 72.8 Å². The van der Waals surface area contributed by atoms with Crippen molar-refractivity contribution < 1.29 is 4.57 Å². The summed E-state index contributed by atoms with van der Waals surface area (Å²) >= 11 is 0. The van der Waals surface area contributed by atoms with Gasteiger partial charge in [-0.3, -0.25) is 0 Å². The van der Waals surface area contributed by atoms with Crippen LogP contribution in [0.25, 0.3) is 32.9 Å². The van der Waals surface area contributed by atoms with Crippen LogP contribution >= 0.6 is 0 Å². The minimum atomic E-state index is 1.10. The van der Waals surface area contributed by atoms with Gasteiger partial charge in [0.25, 0.3) is 0 Å². The van der Waals surface area contributed by atoms with Crippen LogP contribution in [-0.4, -0.2) is 38.1 Å². The number of aromatic nitrogens is 1. The number of benzene rings is 3. The summed E-state index contributed by atoms with van der Waals surface area (Å²) in [6.07, 6.45) is 0. The summed E-state index contributed by atoms with van der Waals surface area (Å²) in [5, 5.41) is 2.60. The van der Waals surface area contributed by atoms with E-state index in [0.717, 1.165) is 26.2 Å². The van der Waals surface area contributed by atoms with Crippen molar-refractivity contribution in [1.29, 1.82) is 0 Å². The average molecular weight is 369 g/mol. The first-order chi connectivity index (χ1) is 13.7. The molecular weight excluding hydrogens is 342 g/mol. The zero-order valence-corrected chi connectivity index (χ0v) is 16.6. The zero-order chi connectivity index (χ0) is 19.1. The molecule has 3 nitrogen and oxygen atoms in total. The number of anilines is 1. The van der Waals surface area contributed by atoms with E-state index in [4.69, 9.17) is 0 Å². The highest BCUT2D eigenvalue weighted by Crippen LogP contribution is 2.34. The largest absolute Gasteiger partial charge is 0.369 e. The molecule has 3 aromatic carbocycles. The number of nitrogens with zero attached hydrogens (tertiary/aromatic N) is 3. The molecule has 0 bridgehead atoms. The molecule has 0 spiro atoms. The maximum absolute atomic E-state index is 2.49. The van der Waals surface area contributed by atoms with E-state index in [2.05, 4.69) is 101 Å². The summed E-state index contributed by atoms with van der Waals surface area (Å²) in [6.45, 7) is 4.46. The van der Waals surface area contributed by atoms with Crippen LogP contribution in [0, 0.1) is 0 Å². The predicted molar refractivity (Wildman–Crippen MR) is 118 cm³/mol. The van der Waals surface area contributed by atoms with Crippen LogP contribution in [0.5, 0.6) is 0 Å². The van der Waals surface area contributed by atoms with E-state index in [9.17, 15) is 0 Å². The van der Waals surface area contributed by atoms with Gasteiger partial charge in [0.1, 0.15) is 7.05 Å². The van der Waals surface area contributed by atoms with Gasteiger partial charge in [-0.05, 0) is 36.9 Å². The molecule has 2 heterocycles. The van der Waals surface area contributed by atoms with Crippen molar-refractivity contribution in [3.05, 3.63) is 72.8 Å². The first-order valence-corrected chi connectivity index (χ1v) is 10.1. The lowest BCUT2D eigenvalue weighted by Crippen LogP contribution is -2.44. The molecule has 0 radical (unpaired) electrons. The van der Waals surface area contributed by atoms with Crippen LogP contribution in [0.1, 0.15) is 0 Å². The van der Waals surface area contributed by atoms with Crippen LogP contribution in [0.4, 0.5) is 5.69 Å². The van der Waals surface area contributed by atoms with Gasteiger partial charge in [0, 0.05) is 49.6 Å². The Morgan fingerprint density at radius 1 is 0.679 bits per heavy atom. The minimum Gasteiger partial charge on any atom is -0.369 e. The second-order valence-corrected chi connectivity index (χ2v) is 7.81. The fourth-order valence-electron chi connectivity index (χ4n) is 4.44. The number of likely N-dealkylation sites (N-methyl/N-ethyl adjacent to an activating group) is 1. The summed E-state index contributed by atoms with van der Waals surface area (Å²) in [7, 11) is 4.36. The number of rotatable bonds is 2. The van der Waals surface area contributed by atoms with Crippen molar-refractivity contribution in [1.82, 2.24) is 4.90 Å². The SMILES string of the molecule is CN1CCN(c2ccc(-c3c4ccccc4[n+](C)c4ccccc34)cc2)CC1. The maximum atomic E-state index is 2.49. The molecule has 28 heavy (non-hydrogen) atoms. The summed E-state index contributed by atoms with van der Waals surface area (Å²) in [6, 6.07) is 26.6. The lowest BCUT2D eigenvalue weighted by Gasteiger charge is -2.34. The summed E-state index contributed by atoms with van der Waals surface area (Å²) in [4.78, 5) is 4.89. The number of piperazine rings is 1. The normalized spacial score (nSPS) is 15.4. The van der Waals surface area contributed by atoms with Gasteiger partial charge < -0.3 is 9.80 Å². The molecule has 1 aliphatic heterocycles. The molecule has 4 aromatic rings. The lowest BCUT2D eigenvalue weighted by atomic mass is 9.95. The van der Waals surface area contributed by atoms with Crippen molar-refractivity contribution in [2.75, 3.05) is 38.1 Å². The molecule has 1 saturated heterocycles. The molecule has 3 heteroatoms.